The Balaban J connectivity index is 2.26. The third-order valence-electron chi connectivity index (χ3n) is 7.09. The second kappa shape index (κ2) is 13.6. The topological polar surface area (TPSA) is 85.2 Å². The number of carbonyl (C=O) groups is 1. The van der Waals surface area contributed by atoms with Crippen molar-refractivity contribution in [1.29, 1.82) is 0 Å². The molecule has 2 N–H and O–H groups in total. The van der Waals surface area contributed by atoms with Crippen LogP contribution >= 0.6 is 15.9 Å². The van der Waals surface area contributed by atoms with E-state index < -0.39 is 18.2 Å². The Morgan fingerprint density at radius 2 is 1.41 bits per heavy atom. The largest absolute Gasteiger partial charge is 0.491 e. The van der Waals surface area contributed by atoms with E-state index in [1.54, 1.807) is 0 Å². The molecule has 0 radical (unpaired) electrons. The highest BCUT2D eigenvalue weighted by Crippen LogP contribution is 2.41. The van der Waals surface area contributed by atoms with Gasteiger partial charge in [-0.2, -0.15) is 0 Å². The number of ether oxygens (including phenoxy) is 3. The molecule has 0 fully saturated rings. The van der Waals surface area contributed by atoms with Gasteiger partial charge in [0.25, 0.3) is 0 Å². The van der Waals surface area contributed by atoms with Crippen LogP contribution in [-0.2, 0) is 14.9 Å². The van der Waals surface area contributed by atoms with Crippen LogP contribution in [0, 0.1) is 19.3 Å². The van der Waals surface area contributed by atoms with Gasteiger partial charge in [0, 0.05) is 5.41 Å². The summed E-state index contributed by atoms with van der Waals surface area (Å²) < 4.78 is 17.0. The second-order valence-corrected chi connectivity index (χ2v) is 11.2. The quantitative estimate of drug-likeness (QED) is 0.228. The van der Waals surface area contributed by atoms with E-state index in [4.69, 9.17) is 14.2 Å². The Bertz CT molecular complexity index is 1030. The number of alkyl halides is 1. The molecule has 0 spiro atoms. The molecule has 0 aromatic heterocycles. The Morgan fingerprint density at radius 3 is 1.78 bits per heavy atom. The van der Waals surface area contributed by atoms with E-state index in [-0.39, 0.29) is 36.0 Å². The van der Waals surface area contributed by atoms with Gasteiger partial charge in [-0.3, -0.25) is 4.79 Å². The zero-order chi connectivity index (χ0) is 27.8. The van der Waals surface area contributed by atoms with E-state index in [0.717, 1.165) is 29.7 Å². The van der Waals surface area contributed by atoms with Gasteiger partial charge in [0.1, 0.15) is 30.0 Å². The van der Waals surface area contributed by atoms with Gasteiger partial charge in [0.15, 0.2) is 6.10 Å². The molecular formula is C30H43BrO6. The van der Waals surface area contributed by atoms with Gasteiger partial charge in [-0.1, -0.05) is 74.8 Å². The van der Waals surface area contributed by atoms with Gasteiger partial charge >= 0.3 is 5.97 Å². The summed E-state index contributed by atoms with van der Waals surface area (Å²) in [6, 6.07) is 12.5. The number of esters is 1. The van der Waals surface area contributed by atoms with E-state index >= 15 is 0 Å². The predicted molar refractivity (Wildman–Crippen MR) is 151 cm³/mol. The fraction of sp³-hybridized carbons (Fsp3) is 0.567. The zero-order valence-electron chi connectivity index (χ0n) is 23.3. The third-order valence-corrected chi connectivity index (χ3v) is 7.55. The number of carbonyl (C=O) groups excluding carboxylic acids is 1. The Morgan fingerprint density at radius 1 is 0.919 bits per heavy atom. The highest BCUT2D eigenvalue weighted by atomic mass is 79.9. The highest BCUT2D eigenvalue weighted by molar-refractivity contribution is 9.09. The highest BCUT2D eigenvalue weighted by Gasteiger charge is 2.32. The van der Waals surface area contributed by atoms with Crippen LogP contribution in [0.2, 0.25) is 0 Å². The summed E-state index contributed by atoms with van der Waals surface area (Å²) in [5, 5.41) is 19.9. The van der Waals surface area contributed by atoms with Crippen LogP contribution in [-0.4, -0.2) is 53.5 Å². The number of rotatable bonds is 13. The molecule has 0 amide bonds. The number of hydrogen-bond acceptors (Lipinski definition) is 6. The second-order valence-electron chi connectivity index (χ2n) is 10.7. The molecule has 37 heavy (non-hydrogen) atoms. The summed E-state index contributed by atoms with van der Waals surface area (Å²) in [5.41, 5.74) is 4.00. The first-order chi connectivity index (χ1) is 17.4. The average molecular weight is 580 g/mol. The van der Waals surface area contributed by atoms with Crippen molar-refractivity contribution in [2.45, 2.75) is 78.9 Å². The summed E-state index contributed by atoms with van der Waals surface area (Å²) in [6.07, 6.45) is 0.564. The first-order valence-electron chi connectivity index (χ1n) is 12.9. The first kappa shape index (κ1) is 31.1. The van der Waals surface area contributed by atoms with Gasteiger partial charge in [-0.15, -0.1) is 0 Å². The fourth-order valence-electron chi connectivity index (χ4n) is 4.39. The summed E-state index contributed by atoms with van der Waals surface area (Å²) >= 11 is 3.05. The molecular weight excluding hydrogens is 536 g/mol. The lowest BCUT2D eigenvalue weighted by atomic mass is 9.70. The minimum absolute atomic E-state index is 0.0682. The maximum atomic E-state index is 11.5. The van der Waals surface area contributed by atoms with Crippen molar-refractivity contribution in [2.24, 2.45) is 5.41 Å². The maximum Gasteiger partial charge on any atom is 0.317 e. The van der Waals surface area contributed by atoms with E-state index in [1.165, 1.54) is 11.1 Å². The van der Waals surface area contributed by atoms with Crippen LogP contribution in [0.15, 0.2) is 36.4 Å². The summed E-state index contributed by atoms with van der Waals surface area (Å²) in [4.78, 5) is 11.5. The van der Waals surface area contributed by atoms with Crippen LogP contribution in [0.3, 0.4) is 0 Å². The first-order valence-corrected chi connectivity index (χ1v) is 14.1. The van der Waals surface area contributed by atoms with Crippen molar-refractivity contribution in [2.75, 3.05) is 25.2 Å². The van der Waals surface area contributed by atoms with Crippen molar-refractivity contribution in [3.63, 3.8) is 0 Å². The monoisotopic (exact) mass is 578 g/mol. The smallest absolute Gasteiger partial charge is 0.317 e. The molecule has 2 aromatic rings. The minimum atomic E-state index is -0.720. The predicted octanol–water partition coefficient (Wildman–Crippen LogP) is 5.87. The van der Waals surface area contributed by atoms with E-state index in [0.29, 0.717) is 5.75 Å². The standard InChI is InChI=1S/C30H43BrO6/c1-8-30(9-2,23-11-13-26(21(4)15-23)36-19-27(33)29(5,6)7)22-10-12-25(20(3)14-22)35-18-24(17-32)37-28(34)16-31/h10-15,24,27,32-33H,8-9,16-19H2,1-7H3. The van der Waals surface area contributed by atoms with Gasteiger partial charge < -0.3 is 24.4 Å². The molecule has 6 nitrogen and oxygen atoms in total. The van der Waals surface area contributed by atoms with Gasteiger partial charge in [0.2, 0.25) is 0 Å². The number of aryl methyl sites for hydroxylation is 2. The molecule has 2 aromatic carbocycles. The van der Waals surface area contributed by atoms with Crippen LogP contribution in [0.1, 0.15) is 69.7 Å². The molecule has 0 aliphatic rings. The summed E-state index contributed by atoms with van der Waals surface area (Å²) in [6.45, 7) is 14.5. The molecule has 2 atom stereocenters. The average Bonchev–Trinajstić information content (AvgIpc) is 2.86. The Labute approximate surface area is 230 Å². The van der Waals surface area contributed by atoms with Crippen LogP contribution in [0.25, 0.3) is 0 Å². The zero-order valence-corrected chi connectivity index (χ0v) is 24.9. The minimum Gasteiger partial charge on any atom is -0.491 e. The third kappa shape index (κ3) is 7.95. The summed E-state index contributed by atoms with van der Waals surface area (Å²) in [5.74, 6) is 1.03. The van der Waals surface area contributed by atoms with E-state index in [1.807, 2.05) is 46.8 Å². The summed E-state index contributed by atoms with van der Waals surface area (Å²) in [7, 11) is 0. The molecule has 0 bridgehead atoms. The number of benzene rings is 2. The fourth-order valence-corrected chi connectivity index (χ4v) is 4.53. The molecule has 206 valence electrons. The van der Waals surface area contributed by atoms with Crippen molar-refractivity contribution < 1.29 is 29.2 Å². The molecule has 2 rings (SSSR count). The number of halogens is 1. The molecule has 7 heteroatoms. The van der Waals surface area contributed by atoms with E-state index in [2.05, 4.69) is 54.0 Å². The Hall–Kier alpha value is -2.09. The van der Waals surface area contributed by atoms with E-state index in [9.17, 15) is 15.0 Å². The molecule has 0 saturated carbocycles. The number of aliphatic hydroxyl groups is 2. The lowest BCUT2D eigenvalue weighted by Gasteiger charge is -2.34. The van der Waals surface area contributed by atoms with Gasteiger partial charge in [-0.25, -0.2) is 0 Å². The van der Waals surface area contributed by atoms with Gasteiger partial charge in [-0.05, 0) is 66.5 Å². The van der Waals surface area contributed by atoms with Crippen molar-refractivity contribution >= 4 is 21.9 Å². The van der Waals surface area contributed by atoms with Gasteiger partial charge in [0.05, 0.1) is 12.7 Å². The van der Waals surface area contributed by atoms with Crippen molar-refractivity contribution in [1.82, 2.24) is 0 Å². The van der Waals surface area contributed by atoms with Crippen molar-refractivity contribution in [3.8, 4) is 11.5 Å². The molecule has 0 aliphatic carbocycles. The normalized spacial score (nSPS) is 13.7. The SMILES string of the molecule is CCC(CC)(c1ccc(OCC(CO)OC(=O)CBr)c(C)c1)c1ccc(OCC(O)C(C)(C)C)c(C)c1. The van der Waals surface area contributed by atoms with Crippen LogP contribution in [0.4, 0.5) is 0 Å². The molecule has 0 heterocycles. The number of hydrogen-bond donors (Lipinski definition) is 2. The lowest BCUT2D eigenvalue weighted by molar-refractivity contribution is -0.149. The Kier molecular flexibility index (Phi) is 11.5. The van der Waals surface area contributed by atoms with Crippen LogP contribution < -0.4 is 9.47 Å². The van der Waals surface area contributed by atoms with Crippen LogP contribution in [0.5, 0.6) is 11.5 Å². The lowest BCUT2D eigenvalue weighted by Crippen LogP contribution is -2.32. The molecule has 0 saturated heterocycles. The maximum absolute atomic E-state index is 11.5. The molecule has 0 aliphatic heterocycles. The number of aliphatic hydroxyl groups excluding tert-OH is 2. The molecule has 2 unspecified atom stereocenters. The van der Waals surface area contributed by atoms with Crippen molar-refractivity contribution in [3.05, 3.63) is 58.7 Å².